The van der Waals surface area contributed by atoms with Gasteiger partial charge in [0.05, 0.1) is 25.5 Å². The second kappa shape index (κ2) is 6.83. The molecule has 0 spiro atoms. The molecule has 0 fully saturated rings. The van der Waals surface area contributed by atoms with E-state index >= 15 is 0 Å². The van der Waals surface area contributed by atoms with Gasteiger partial charge in [0.2, 0.25) is 0 Å². The summed E-state index contributed by atoms with van der Waals surface area (Å²) in [4.78, 5) is 15.3. The summed E-state index contributed by atoms with van der Waals surface area (Å²) >= 11 is 0. The number of nitrogens with one attached hydrogen (secondary N) is 1. The summed E-state index contributed by atoms with van der Waals surface area (Å²) in [5.74, 6) is 1.51. The van der Waals surface area contributed by atoms with Crippen molar-refractivity contribution in [2.45, 2.75) is 25.6 Å². The highest BCUT2D eigenvalue weighted by Gasteiger charge is 2.45. The normalized spacial score (nSPS) is 18.7. The predicted molar refractivity (Wildman–Crippen MR) is 104 cm³/mol. The summed E-state index contributed by atoms with van der Waals surface area (Å²) in [6.07, 6.45) is 2.33. The molecule has 5 heteroatoms. The van der Waals surface area contributed by atoms with E-state index in [1.807, 2.05) is 65.6 Å². The van der Waals surface area contributed by atoms with Gasteiger partial charge in [0, 0.05) is 5.69 Å². The van der Waals surface area contributed by atoms with E-state index in [1.54, 1.807) is 13.4 Å². The number of fused-ring (bicyclic) bond motifs is 1. The van der Waals surface area contributed by atoms with Gasteiger partial charge in [-0.2, -0.15) is 0 Å². The highest BCUT2D eigenvalue weighted by molar-refractivity contribution is 6.02. The van der Waals surface area contributed by atoms with Crippen LogP contribution in [0.15, 0.2) is 71.3 Å². The Morgan fingerprint density at radius 1 is 1.07 bits per heavy atom. The Morgan fingerprint density at radius 3 is 2.52 bits per heavy atom. The molecule has 0 aliphatic carbocycles. The van der Waals surface area contributed by atoms with Crippen molar-refractivity contribution in [2.24, 2.45) is 0 Å². The molecule has 0 saturated heterocycles. The number of furan rings is 1. The summed E-state index contributed by atoms with van der Waals surface area (Å²) in [6, 6.07) is 19.2. The molecule has 2 aromatic carbocycles. The lowest BCUT2D eigenvalue weighted by Crippen LogP contribution is -2.56. The maximum atomic E-state index is 13.4. The Bertz CT molecular complexity index is 934. The van der Waals surface area contributed by atoms with E-state index in [0.29, 0.717) is 18.5 Å². The second-order valence-corrected chi connectivity index (χ2v) is 6.58. The number of hydrogen-bond donors (Lipinski definition) is 1. The van der Waals surface area contributed by atoms with Gasteiger partial charge in [-0.3, -0.25) is 4.79 Å². The van der Waals surface area contributed by atoms with Crippen molar-refractivity contribution >= 4 is 11.6 Å². The van der Waals surface area contributed by atoms with Crippen molar-refractivity contribution in [3.8, 4) is 5.75 Å². The fraction of sp³-hybridized carbons (Fsp3) is 0.227. The third-order valence-corrected chi connectivity index (χ3v) is 5.18. The molecule has 0 saturated carbocycles. The van der Waals surface area contributed by atoms with Crippen LogP contribution < -0.4 is 10.1 Å². The first-order chi connectivity index (χ1) is 13.2. The van der Waals surface area contributed by atoms with Gasteiger partial charge in [0.25, 0.3) is 5.91 Å². The molecule has 3 aromatic rings. The zero-order valence-electron chi connectivity index (χ0n) is 15.4. The molecular weight excluding hydrogens is 340 g/mol. The highest BCUT2D eigenvalue weighted by atomic mass is 16.5. The number of para-hydroxylation sites is 1. The molecule has 1 N–H and O–H groups in total. The van der Waals surface area contributed by atoms with Crippen LogP contribution in [-0.4, -0.2) is 17.9 Å². The van der Waals surface area contributed by atoms with Gasteiger partial charge < -0.3 is 19.4 Å². The average molecular weight is 362 g/mol. The first-order valence-electron chi connectivity index (χ1n) is 9.04. The van der Waals surface area contributed by atoms with Gasteiger partial charge in [-0.15, -0.1) is 0 Å². The van der Waals surface area contributed by atoms with Gasteiger partial charge in [0.15, 0.2) is 0 Å². The summed E-state index contributed by atoms with van der Waals surface area (Å²) in [5, 5.41) is 3.63. The first kappa shape index (κ1) is 17.2. The molecule has 1 aromatic heterocycles. The summed E-state index contributed by atoms with van der Waals surface area (Å²) < 4.78 is 10.8. The standard InChI is InChI=1S/C22H22N2O3/c1-3-22(16-10-12-17(26-2)13-11-16)23-20-9-5-4-8-19(20)21(25)24(22)15-18-7-6-14-27-18/h4-14,23H,3,15H2,1-2H3. The summed E-state index contributed by atoms with van der Waals surface area (Å²) in [6.45, 7) is 2.46. The zero-order chi connectivity index (χ0) is 18.9. The molecule has 5 nitrogen and oxygen atoms in total. The Labute approximate surface area is 158 Å². The number of carbonyl (C=O) groups is 1. The van der Waals surface area contributed by atoms with E-state index in [0.717, 1.165) is 22.8 Å². The van der Waals surface area contributed by atoms with Gasteiger partial charge >= 0.3 is 0 Å². The minimum atomic E-state index is -0.676. The number of amides is 1. The van der Waals surface area contributed by atoms with Crippen LogP contribution in [0, 0.1) is 0 Å². The third kappa shape index (κ3) is 2.85. The molecule has 1 atom stereocenters. The second-order valence-electron chi connectivity index (χ2n) is 6.58. The van der Waals surface area contributed by atoms with E-state index in [2.05, 4.69) is 12.2 Å². The van der Waals surface area contributed by atoms with Crippen molar-refractivity contribution in [2.75, 3.05) is 12.4 Å². The molecule has 4 rings (SSSR count). The number of methoxy groups -OCH3 is 1. The van der Waals surface area contributed by atoms with Crippen molar-refractivity contribution in [3.63, 3.8) is 0 Å². The highest BCUT2D eigenvalue weighted by Crippen LogP contribution is 2.41. The number of anilines is 1. The zero-order valence-corrected chi connectivity index (χ0v) is 15.4. The van der Waals surface area contributed by atoms with E-state index in [-0.39, 0.29) is 5.91 Å². The molecule has 1 amide bonds. The monoisotopic (exact) mass is 362 g/mol. The number of benzene rings is 2. The number of nitrogens with zero attached hydrogens (tertiary/aromatic N) is 1. The lowest BCUT2D eigenvalue weighted by Gasteiger charge is -2.48. The van der Waals surface area contributed by atoms with Crippen LogP contribution in [0.1, 0.15) is 35.0 Å². The molecule has 0 radical (unpaired) electrons. The Balaban J connectivity index is 1.85. The van der Waals surface area contributed by atoms with Crippen molar-refractivity contribution in [3.05, 3.63) is 83.8 Å². The van der Waals surface area contributed by atoms with Crippen molar-refractivity contribution < 1.29 is 13.9 Å². The van der Waals surface area contributed by atoms with Gasteiger partial charge in [-0.1, -0.05) is 31.2 Å². The Kier molecular flexibility index (Phi) is 4.36. The van der Waals surface area contributed by atoms with Gasteiger partial charge in [-0.05, 0) is 48.4 Å². The van der Waals surface area contributed by atoms with Crippen molar-refractivity contribution in [1.82, 2.24) is 4.90 Å². The molecule has 1 aliphatic rings. The Hall–Kier alpha value is -3.21. The molecule has 1 unspecified atom stereocenters. The largest absolute Gasteiger partial charge is 0.497 e. The van der Waals surface area contributed by atoms with Crippen LogP contribution in [0.5, 0.6) is 5.75 Å². The maximum absolute atomic E-state index is 13.4. The van der Waals surface area contributed by atoms with Crippen LogP contribution in [0.2, 0.25) is 0 Å². The minimum absolute atomic E-state index is 0.0154. The fourth-order valence-electron chi connectivity index (χ4n) is 3.73. The van der Waals surface area contributed by atoms with Crippen LogP contribution in [0.4, 0.5) is 5.69 Å². The third-order valence-electron chi connectivity index (χ3n) is 5.18. The number of ether oxygens (including phenoxy) is 1. The first-order valence-corrected chi connectivity index (χ1v) is 9.04. The lowest BCUT2D eigenvalue weighted by molar-refractivity contribution is 0.0430. The smallest absolute Gasteiger partial charge is 0.258 e. The lowest BCUT2D eigenvalue weighted by atomic mass is 9.89. The average Bonchev–Trinajstić information content (AvgIpc) is 3.23. The number of carbonyl (C=O) groups excluding carboxylic acids is 1. The van der Waals surface area contributed by atoms with Gasteiger partial charge in [0.1, 0.15) is 17.2 Å². The van der Waals surface area contributed by atoms with Crippen LogP contribution in [0.3, 0.4) is 0 Å². The Morgan fingerprint density at radius 2 is 1.85 bits per heavy atom. The van der Waals surface area contributed by atoms with E-state index in [4.69, 9.17) is 9.15 Å². The topological polar surface area (TPSA) is 54.7 Å². The number of hydrogen-bond acceptors (Lipinski definition) is 4. The minimum Gasteiger partial charge on any atom is -0.497 e. The maximum Gasteiger partial charge on any atom is 0.258 e. The molecule has 27 heavy (non-hydrogen) atoms. The SMILES string of the molecule is CCC1(c2ccc(OC)cc2)Nc2ccccc2C(=O)N1Cc1ccco1. The fourth-order valence-corrected chi connectivity index (χ4v) is 3.73. The van der Waals surface area contributed by atoms with Crippen LogP contribution >= 0.6 is 0 Å². The van der Waals surface area contributed by atoms with Crippen LogP contribution in [-0.2, 0) is 12.2 Å². The molecular formula is C22H22N2O3. The van der Waals surface area contributed by atoms with Gasteiger partial charge in [-0.25, -0.2) is 0 Å². The van der Waals surface area contributed by atoms with Crippen LogP contribution in [0.25, 0.3) is 0 Å². The van der Waals surface area contributed by atoms with E-state index < -0.39 is 5.66 Å². The molecule has 2 heterocycles. The predicted octanol–water partition coefficient (Wildman–Crippen LogP) is 4.62. The van der Waals surface area contributed by atoms with E-state index in [1.165, 1.54) is 0 Å². The quantitative estimate of drug-likeness (QED) is 0.720. The number of rotatable bonds is 5. The molecule has 0 bridgehead atoms. The van der Waals surface area contributed by atoms with E-state index in [9.17, 15) is 4.79 Å². The van der Waals surface area contributed by atoms with Crippen molar-refractivity contribution in [1.29, 1.82) is 0 Å². The summed E-state index contributed by atoms with van der Waals surface area (Å²) in [7, 11) is 1.65. The molecule has 138 valence electrons. The summed E-state index contributed by atoms with van der Waals surface area (Å²) in [5.41, 5.74) is 1.84. The molecule has 1 aliphatic heterocycles.